The second kappa shape index (κ2) is 5.80. The molecular formula is C10H14ClNO3. The summed E-state index contributed by atoms with van der Waals surface area (Å²) in [5, 5.41) is 27.2. The van der Waals surface area contributed by atoms with Crippen molar-refractivity contribution in [1.82, 2.24) is 0 Å². The van der Waals surface area contributed by atoms with Crippen LogP contribution in [0.1, 0.15) is 0 Å². The fraction of sp³-hybridized carbons (Fsp3) is 0.400. The van der Waals surface area contributed by atoms with Crippen LogP contribution in [0.4, 0.5) is 5.69 Å². The molecule has 0 amide bonds. The summed E-state index contributed by atoms with van der Waals surface area (Å²) in [7, 11) is 0. The second-order valence-electron chi connectivity index (χ2n) is 3.07. The van der Waals surface area contributed by atoms with E-state index in [0.717, 1.165) is 5.69 Å². The highest BCUT2D eigenvalue weighted by Crippen LogP contribution is 2.27. The van der Waals surface area contributed by atoms with Crippen LogP contribution in [0.25, 0.3) is 0 Å². The SMILES string of the molecule is OCCN(CCO)c1ccc(O)c(Cl)c1. The molecule has 0 aliphatic heterocycles. The highest BCUT2D eigenvalue weighted by Gasteiger charge is 2.07. The van der Waals surface area contributed by atoms with Crippen LogP contribution in [0.3, 0.4) is 0 Å². The Morgan fingerprint density at radius 3 is 2.20 bits per heavy atom. The van der Waals surface area contributed by atoms with E-state index in [9.17, 15) is 5.11 Å². The van der Waals surface area contributed by atoms with E-state index in [2.05, 4.69) is 0 Å². The molecule has 5 heteroatoms. The Bertz CT molecular complexity index is 314. The third-order valence-corrected chi connectivity index (χ3v) is 2.34. The minimum atomic E-state index is -0.00149. The van der Waals surface area contributed by atoms with Crippen molar-refractivity contribution in [3.63, 3.8) is 0 Å². The van der Waals surface area contributed by atoms with Crippen LogP contribution in [-0.2, 0) is 0 Å². The van der Waals surface area contributed by atoms with Gasteiger partial charge in [-0.25, -0.2) is 0 Å². The highest BCUT2D eigenvalue weighted by molar-refractivity contribution is 6.32. The van der Waals surface area contributed by atoms with E-state index in [-0.39, 0.29) is 24.0 Å². The van der Waals surface area contributed by atoms with Gasteiger partial charge < -0.3 is 20.2 Å². The number of hydrogen-bond acceptors (Lipinski definition) is 4. The maximum absolute atomic E-state index is 9.24. The predicted molar refractivity (Wildman–Crippen MR) is 59.5 cm³/mol. The van der Waals surface area contributed by atoms with Gasteiger partial charge in [-0.2, -0.15) is 0 Å². The van der Waals surface area contributed by atoms with Crippen LogP contribution in [0.15, 0.2) is 18.2 Å². The van der Waals surface area contributed by atoms with Gasteiger partial charge in [0.15, 0.2) is 0 Å². The first-order chi connectivity index (χ1) is 7.19. The molecule has 0 bridgehead atoms. The van der Waals surface area contributed by atoms with Crippen molar-refractivity contribution in [2.24, 2.45) is 0 Å². The van der Waals surface area contributed by atoms with Gasteiger partial charge in [-0.15, -0.1) is 0 Å². The molecule has 0 radical (unpaired) electrons. The summed E-state index contributed by atoms with van der Waals surface area (Å²) in [6.07, 6.45) is 0. The maximum Gasteiger partial charge on any atom is 0.134 e. The average molecular weight is 232 g/mol. The Balaban J connectivity index is 2.85. The molecule has 0 aromatic heterocycles. The molecule has 15 heavy (non-hydrogen) atoms. The summed E-state index contributed by atoms with van der Waals surface area (Å²) in [4.78, 5) is 1.78. The number of benzene rings is 1. The molecule has 0 unspecified atom stereocenters. The first kappa shape index (κ1) is 12.1. The summed E-state index contributed by atoms with van der Waals surface area (Å²) < 4.78 is 0. The zero-order chi connectivity index (χ0) is 11.3. The quantitative estimate of drug-likeness (QED) is 0.703. The van der Waals surface area contributed by atoms with Gasteiger partial charge in [-0.1, -0.05) is 11.6 Å². The van der Waals surface area contributed by atoms with E-state index < -0.39 is 0 Å². The normalized spacial score (nSPS) is 10.3. The molecule has 0 saturated carbocycles. The molecule has 3 N–H and O–H groups in total. The Morgan fingerprint density at radius 2 is 1.73 bits per heavy atom. The van der Waals surface area contributed by atoms with Crippen LogP contribution < -0.4 is 4.90 Å². The summed E-state index contributed by atoms with van der Waals surface area (Å²) in [5.74, 6) is 0.0216. The Hall–Kier alpha value is -0.970. The third-order valence-electron chi connectivity index (χ3n) is 2.04. The number of phenolic OH excluding ortho intramolecular Hbond substituents is 1. The number of nitrogens with zero attached hydrogens (tertiary/aromatic N) is 1. The van der Waals surface area contributed by atoms with Crippen molar-refractivity contribution < 1.29 is 15.3 Å². The average Bonchev–Trinajstić information content (AvgIpc) is 2.22. The monoisotopic (exact) mass is 231 g/mol. The Kier molecular flexibility index (Phi) is 4.68. The number of aliphatic hydroxyl groups excluding tert-OH is 2. The lowest BCUT2D eigenvalue weighted by Crippen LogP contribution is -2.29. The molecule has 0 heterocycles. The lowest BCUT2D eigenvalue weighted by atomic mass is 10.2. The summed E-state index contributed by atoms with van der Waals surface area (Å²) >= 11 is 5.76. The molecule has 0 saturated heterocycles. The Labute approximate surface area is 93.3 Å². The van der Waals surface area contributed by atoms with E-state index >= 15 is 0 Å². The van der Waals surface area contributed by atoms with E-state index in [0.29, 0.717) is 13.1 Å². The van der Waals surface area contributed by atoms with Gasteiger partial charge in [-0.3, -0.25) is 0 Å². The third kappa shape index (κ3) is 3.27. The smallest absolute Gasteiger partial charge is 0.134 e. The summed E-state index contributed by atoms with van der Waals surface area (Å²) in [5.41, 5.74) is 0.765. The van der Waals surface area contributed by atoms with Crippen LogP contribution in [0.5, 0.6) is 5.75 Å². The van der Waals surface area contributed by atoms with Crippen LogP contribution in [0.2, 0.25) is 5.02 Å². The topological polar surface area (TPSA) is 63.9 Å². The van der Waals surface area contributed by atoms with E-state index in [1.54, 1.807) is 17.0 Å². The van der Waals surface area contributed by atoms with Crippen molar-refractivity contribution in [2.75, 3.05) is 31.2 Å². The van der Waals surface area contributed by atoms with Crippen molar-refractivity contribution in [2.45, 2.75) is 0 Å². The number of anilines is 1. The lowest BCUT2D eigenvalue weighted by Gasteiger charge is -2.23. The van der Waals surface area contributed by atoms with E-state index in [4.69, 9.17) is 21.8 Å². The molecule has 4 nitrogen and oxygen atoms in total. The van der Waals surface area contributed by atoms with Crippen molar-refractivity contribution >= 4 is 17.3 Å². The van der Waals surface area contributed by atoms with Gasteiger partial charge in [0.25, 0.3) is 0 Å². The number of phenols is 1. The van der Waals surface area contributed by atoms with Gasteiger partial charge in [0.1, 0.15) is 5.75 Å². The van der Waals surface area contributed by atoms with Gasteiger partial charge in [0, 0.05) is 18.8 Å². The molecule has 1 aromatic carbocycles. The van der Waals surface area contributed by atoms with Gasteiger partial charge in [0.2, 0.25) is 0 Å². The fourth-order valence-corrected chi connectivity index (χ4v) is 1.48. The van der Waals surface area contributed by atoms with Gasteiger partial charge >= 0.3 is 0 Å². The van der Waals surface area contributed by atoms with Crippen molar-refractivity contribution in [3.8, 4) is 5.75 Å². The summed E-state index contributed by atoms with van der Waals surface area (Å²) in [6, 6.07) is 4.77. The molecule has 1 aromatic rings. The lowest BCUT2D eigenvalue weighted by molar-refractivity contribution is 0.281. The van der Waals surface area contributed by atoms with Crippen LogP contribution in [-0.4, -0.2) is 41.6 Å². The molecule has 0 aliphatic rings. The molecule has 0 atom stereocenters. The first-order valence-corrected chi connectivity index (χ1v) is 5.02. The van der Waals surface area contributed by atoms with Crippen LogP contribution >= 0.6 is 11.6 Å². The highest BCUT2D eigenvalue weighted by atomic mass is 35.5. The molecular weight excluding hydrogens is 218 g/mol. The van der Waals surface area contributed by atoms with Crippen molar-refractivity contribution in [1.29, 1.82) is 0 Å². The molecule has 84 valence electrons. The zero-order valence-corrected chi connectivity index (χ0v) is 8.98. The maximum atomic E-state index is 9.24. The minimum absolute atomic E-state index is 0.00149. The van der Waals surface area contributed by atoms with E-state index in [1.807, 2.05) is 0 Å². The number of aliphatic hydroxyl groups is 2. The number of halogens is 1. The predicted octanol–water partition coefficient (Wildman–Crippen LogP) is 0.837. The summed E-state index contributed by atoms with van der Waals surface area (Å²) in [6.45, 7) is 0.834. The second-order valence-corrected chi connectivity index (χ2v) is 3.48. The number of hydrogen-bond donors (Lipinski definition) is 3. The first-order valence-electron chi connectivity index (χ1n) is 4.64. The largest absolute Gasteiger partial charge is 0.506 e. The zero-order valence-electron chi connectivity index (χ0n) is 8.23. The Morgan fingerprint density at radius 1 is 1.13 bits per heavy atom. The molecule has 1 rings (SSSR count). The van der Waals surface area contributed by atoms with Crippen LogP contribution in [0, 0.1) is 0 Å². The molecule has 0 fully saturated rings. The fourth-order valence-electron chi connectivity index (χ4n) is 1.30. The van der Waals surface area contributed by atoms with E-state index in [1.165, 1.54) is 6.07 Å². The molecule has 0 aliphatic carbocycles. The molecule has 0 spiro atoms. The van der Waals surface area contributed by atoms with Gasteiger partial charge in [0.05, 0.1) is 18.2 Å². The van der Waals surface area contributed by atoms with Crippen molar-refractivity contribution in [3.05, 3.63) is 23.2 Å². The minimum Gasteiger partial charge on any atom is -0.506 e. The van der Waals surface area contributed by atoms with Gasteiger partial charge in [-0.05, 0) is 18.2 Å². The number of aromatic hydroxyl groups is 1. The number of rotatable bonds is 5. The standard InChI is InChI=1S/C10H14ClNO3/c11-9-7-8(1-2-10(9)15)12(3-5-13)4-6-14/h1-2,7,13-15H,3-6H2.